The number of rotatable bonds is 5. The first-order valence-electron chi connectivity index (χ1n) is 10.2. The van der Waals surface area contributed by atoms with Gasteiger partial charge in [-0.15, -0.1) is 0 Å². The van der Waals surface area contributed by atoms with Crippen LogP contribution < -0.4 is 10.3 Å². The lowest BCUT2D eigenvalue weighted by atomic mass is 10.0. The number of nitrogens with zero attached hydrogens (tertiary/aromatic N) is 3. The number of hydrogen-bond acceptors (Lipinski definition) is 4. The van der Waals surface area contributed by atoms with E-state index in [0.29, 0.717) is 0 Å². The Bertz CT molecular complexity index is 863. The third kappa shape index (κ3) is 4.47. The number of anilines is 1. The van der Waals surface area contributed by atoms with Crippen molar-refractivity contribution in [3.8, 4) is 0 Å². The lowest BCUT2D eigenvalue weighted by Crippen LogP contribution is -2.53. The van der Waals surface area contributed by atoms with Gasteiger partial charge in [0.2, 0.25) is 11.8 Å². The van der Waals surface area contributed by atoms with E-state index in [-0.39, 0.29) is 18.2 Å². The Morgan fingerprint density at radius 3 is 2.28 bits per heavy atom. The predicted molar refractivity (Wildman–Crippen MR) is 113 cm³/mol. The molecular formula is C23H26N4O2. The van der Waals surface area contributed by atoms with Crippen molar-refractivity contribution in [2.24, 2.45) is 11.0 Å². The highest BCUT2D eigenvalue weighted by atomic mass is 16.2. The summed E-state index contributed by atoms with van der Waals surface area (Å²) in [6.07, 6.45) is 4.65. The quantitative estimate of drug-likeness (QED) is 0.854. The van der Waals surface area contributed by atoms with Crippen LogP contribution in [0.5, 0.6) is 0 Å². The highest BCUT2D eigenvalue weighted by molar-refractivity contribution is 5.97. The molecule has 0 aliphatic carbocycles. The summed E-state index contributed by atoms with van der Waals surface area (Å²) in [6.45, 7) is 1.55. The third-order valence-electron chi connectivity index (χ3n) is 5.45. The van der Waals surface area contributed by atoms with Gasteiger partial charge in [-0.1, -0.05) is 48.5 Å². The molecule has 29 heavy (non-hydrogen) atoms. The van der Waals surface area contributed by atoms with Crippen molar-refractivity contribution in [1.29, 1.82) is 0 Å². The third-order valence-corrected chi connectivity index (χ3v) is 5.45. The number of hydrazone groups is 1. The van der Waals surface area contributed by atoms with Crippen LogP contribution in [-0.4, -0.2) is 42.2 Å². The fraction of sp³-hybridized carbons (Fsp3) is 0.348. The average Bonchev–Trinajstić information content (AvgIpc) is 3.18. The summed E-state index contributed by atoms with van der Waals surface area (Å²) in [5.41, 5.74) is 1.79. The molecule has 1 N–H and O–H groups in total. The monoisotopic (exact) mass is 390 g/mol. The van der Waals surface area contributed by atoms with E-state index in [0.717, 1.165) is 43.6 Å². The maximum atomic E-state index is 13.2. The van der Waals surface area contributed by atoms with Crippen LogP contribution in [0.15, 0.2) is 65.8 Å². The normalized spacial score (nSPS) is 21.2. The zero-order chi connectivity index (χ0) is 20.1. The second-order valence-corrected chi connectivity index (χ2v) is 7.53. The van der Waals surface area contributed by atoms with Crippen LogP contribution in [0, 0.1) is 5.92 Å². The van der Waals surface area contributed by atoms with Gasteiger partial charge < -0.3 is 10.2 Å². The molecule has 0 spiro atoms. The topological polar surface area (TPSA) is 65.0 Å². The fourth-order valence-electron chi connectivity index (χ4n) is 3.93. The van der Waals surface area contributed by atoms with Gasteiger partial charge >= 0.3 is 0 Å². The number of carbonyl (C=O) groups is 2. The molecule has 2 unspecified atom stereocenters. The Balaban J connectivity index is 1.53. The molecule has 6 heteroatoms. The van der Waals surface area contributed by atoms with Crippen LogP contribution in [0.3, 0.4) is 0 Å². The van der Waals surface area contributed by atoms with Gasteiger partial charge in [-0.2, -0.15) is 5.10 Å². The van der Waals surface area contributed by atoms with E-state index in [1.807, 2.05) is 65.6 Å². The van der Waals surface area contributed by atoms with Gasteiger partial charge in [0, 0.05) is 19.3 Å². The highest BCUT2D eigenvalue weighted by Crippen LogP contribution is 2.26. The molecule has 2 heterocycles. The molecule has 2 aromatic carbocycles. The first-order chi connectivity index (χ1) is 14.2. The van der Waals surface area contributed by atoms with Gasteiger partial charge in [-0.25, -0.2) is 5.01 Å². The van der Waals surface area contributed by atoms with Gasteiger partial charge in [0.1, 0.15) is 12.1 Å². The number of nitrogens with one attached hydrogen (secondary N) is 1. The Morgan fingerprint density at radius 1 is 0.931 bits per heavy atom. The minimum atomic E-state index is -0.525. The molecule has 1 saturated heterocycles. The summed E-state index contributed by atoms with van der Waals surface area (Å²) in [5, 5.41) is 9.30. The summed E-state index contributed by atoms with van der Waals surface area (Å²) in [6, 6.07) is 19.3. The van der Waals surface area contributed by atoms with Crippen molar-refractivity contribution in [3.63, 3.8) is 0 Å². The molecule has 0 bridgehead atoms. The minimum Gasteiger partial charge on any atom is -0.342 e. The molecule has 2 amide bonds. The Morgan fingerprint density at radius 2 is 1.59 bits per heavy atom. The molecule has 0 aromatic heterocycles. The zero-order valence-electron chi connectivity index (χ0n) is 16.4. The van der Waals surface area contributed by atoms with Crippen molar-refractivity contribution >= 4 is 23.7 Å². The predicted octanol–water partition coefficient (Wildman–Crippen LogP) is 2.81. The average molecular weight is 390 g/mol. The number of hydrogen-bond donors (Lipinski definition) is 1. The lowest BCUT2D eigenvalue weighted by Gasteiger charge is -2.33. The van der Waals surface area contributed by atoms with E-state index >= 15 is 0 Å². The molecule has 2 aliphatic heterocycles. The summed E-state index contributed by atoms with van der Waals surface area (Å²) in [4.78, 5) is 27.9. The molecule has 0 radical (unpaired) electrons. The summed E-state index contributed by atoms with van der Waals surface area (Å²) in [7, 11) is 0. The highest BCUT2D eigenvalue weighted by Gasteiger charge is 2.40. The largest absolute Gasteiger partial charge is 0.342 e. The van der Waals surface area contributed by atoms with E-state index in [9.17, 15) is 9.59 Å². The fourth-order valence-corrected chi connectivity index (χ4v) is 3.93. The van der Waals surface area contributed by atoms with Crippen LogP contribution in [-0.2, 0) is 16.0 Å². The first kappa shape index (κ1) is 19.2. The number of para-hydroxylation sites is 1. The molecule has 4 rings (SSSR count). The first-order valence-corrected chi connectivity index (χ1v) is 10.2. The number of likely N-dealkylation sites (tertiary alicyclic amines) is 1. The van der Waals surface area contributed by atoms with E-state index in [1.165, 1.54) is 0 Å². The van der Waals surface area contributed by atoms with Gasteiger partial charge in [0.05, 0.1) is 12.1 Å². The van der Waals surface area contributed by atoms with Crippen LogP contribution in [0.2, 0.25) is 0 Å². The standard InChI is InChI=1S/C23H26N4O2/c28-21(16-18-10-4-1-5-11-18)25-22-20(23(29)26-14-8-3-9-15-26)17-24-27(22)19-12-6-2-7-13-19/h1-2,4-7,10-13,17,20,22H,3,8-9,14-16H2,(H,25,28). The van der Waals surface area contributed by atoms with Gasteiger partial charge in [0.15, 0.2) is 0 Å². The Kier molecular flexibility index (Phi) is 5.89. The second-order valence-electron chi connectivity index (χ2n) is 7.53. The Hall–Kier alpha value is -3.15. The van der Waals surface area contributed by atoms with Crippen LogP contribution >= 0.6 is 0 Å². The van der Waals surface area contributed by atoms with Gasteiger partial charge in [-0.05, 0) is 37.0 Å². The van der Waals surface area contributed by atoms with Crippen LogP contribution in [0.4, 0.5) is 5.69 Å². The molecule has 2 aliphatic rings. The van der Waals surface area contributed by atoms with Crippen molar-refractivity contribution in [2.45, 2.75) is 31.8 Å². The minimum absolute atomic E-state index is 0.0388. The molecule has 6 nitrogen and oxygen atoms in total. The zero-order valence-corrected chi connectivity index (χ0v) is 16.4. The number of piperidine rings is 1. The van der Waals surface area contributed by atoms with Gasteiger partial charge in [0.25, 0.3) is 0 Å². The van der Waals surface area contributed by atoms with Crippen molar-refractivity contribution in [3.05, 3.63) is 66.2 Å². The molecule has 150 valence electrons. The molecule has 1 fully saturated rings. The molecule has 2 atom stereocenters. The van der Waals surface area contributed by atoms with E-state index in [4.69, 9.17) is 0 Å². The maximum absolute atomic E-state index is 13.2. The van der Waals surface area contributed by atoms with Crippen LogP contribution in [0.25, 0.3) is 0 Å². The smallest absolute Gasteiger partial charge is 0.235 e. The number of amides is 2. The van der Waals surface area contributed by atoms with Crippen molar-refractivity contribution in [1.82, 2.24) is 10.2 Å². The van der Waals surface area contributed by atoms with E-state index in [2.05, 4.69) is 10.4 Å². The SMILES string of the molecule is O=C(Cc1ccccc1)NC1C(C(=O)N2CCCCC2)C=NN1c1ccccc1. The van der Waals surface area contributed by atoms with E-state index < -0.39 is 12.1 Å². The lowest BCUT2D eigenvalue weighted by molar-refractivity contribution is -0.135. The molecule has 0 saturated carbocycles. The summed E-state index contributed by atoms with van der Waals surface area (Å²) < 4.78 is 0. The summed E-state index contributed by atoms with van der Waals surface area (Å²) in [5.74, 6) is -0.575. The second kappa shape index (κ2) is 8.90. The van der Waals surface area contributed by atoms with Crippen LogP contribution in [0.1, 0.15) is 24.8 Å². The van der Waals surface area contributed by atoms with E-state index in [1.54, 1.807) is 11.2 Å². The molecular weight excluding hydrogens is 364 g/mol. The summed E-state index contributed by atoms with van der Waals surface area (Å²) >= 11 is 0. The van der Waals surface area contributed by atoms with Gasteiger partial charge in [-0.3, -0.25) is 9.59 Å². The number of benzene rings is 2. The molecule has 2 aromatic rings. The Labute approximate surface area is 171 Å². The number of carbonyl (C=O) groups excluding carboxylic acids is 2. The maximum Gasteiger partial charge on any atom is 0.235 e. The van der Waals surface area contributed by atoms with Crippen molar-refractivity contribution < 1.29 is 9.59 Å². The van der Waals surface area contributed by atoms with Crippen molar-refractivity contribution in [2.75, 3.05) is 18.1 Å².